The molecule has 1 aromatic heterocycles. The Morgan fingerprint density at radius 3 is 2.81 bits per heavy atom. The fourth-order valence-corrected chi connectivity index (χ4v) is 2.94. The molecule has 0 spiro atoms. The monoisotopic (exact) mass is 292 g/mol. The highest BCUT2D eigenvalue weighted by Gasteiger charge is 2.22. The van der Waals surface area contributed by atoms with Gasteiger partial charge in [0.1, 0.15) is 0 Å². The summed E-state index contributed by atoms with van der Waals surface area (Å²) in [6.07, 6.45) is 2.08. The molecule has 1 aliphatic rings. The van der Waals surface area contributed by atoms with Crippen molar-refractivity contribution in [3.63, 3.8) is 0 Å². The zero-order valence-electron chi connectivity index (χ0n) is 13.1. The number of nitrogens with zero attached hydrogens (tertiary/aromatic N) is 2. The molecule has 0 aromatic carbocycles. The second-order valence-electron chi connectivity index (χ2n) is 5.96. The Hall–Kier alpha value is -1.62. The molecule has 21 heavy (non-hydrogen) atoms. The largest absolute Gasteiger partial charge is 0.481 e. The number of aliphatic carboxylic acids is 1. The Morgan fingerprint density at radius 2 is 2.19 bits per heavy atom. The summed E-state index contributed by atoms with van der Waals surface area (Å²) in [7, 11) is 2.07. The molecule has 1 N–H and O–H groups in total. The van der Waals surface area contributed by atoms with Crippen molar-refractivity contribution in [2.75, 3.05) is 13.6 Å². The molecule has 0 fully saturated rings. The van der Waals surface area contributed by atoms with Crippen LogP contribution in [0, 0.1) is 0 Å². The van der Waals surface area contributed by atoms with Crippen LogP contribution in [0.4, 0.5) is 0 Å². The van der Waals surface area contributed by atoms with E-state index in [1.54, 1.807) is 0 Å². The van der Waals surface area contributed by atoms with Crippen molar-refractivity contribution < 1.29 is 9.90 Å². The topological polar surface area (TPSA) is 62.5 Å². The highest BCUT2D eigenvalue weighted by atomic mass is 16.4. The third-order valence-electron chi connectivity index (χ3n) is 4.31. The molecule has 0 aliphatic carbocycles. The van der Waals surface area contributed by atoms with Gasteiger partial charge in [-0.1, -0.05) is 6.92 Å². The summed E-state index contributed by atoms with van der Waals surface area (Å²) in [6.45, 7) is 5.91. The molecule has 1 atom stereocenters. The smallest absolute Gasteiger partial charge is 0.303 e. The SMILES string of the molecule is CCC(C)n1c2c(cc(CCC(=O)O)c1=O)CN(C)CC2. The third kappa shape index (κ3) is 3.35. The van der Waals surface area contributed by atoms with E-state index in [2.05, 4.69) is 25.8 Å². The van der Waals surface area contributed by atoms with Crippen LogP contribution >= 0.6 is 0 Å². The molecule has 1 unspecified atom stereocenters. The Morgan fingerprint density at radius 1 is 1.48 bits per heavy atom. The molecular formula is C16H24N2O3. The van der Waals surface area contributed by atoms with Crippen LogP contribution in [0.15, 0.2) is 10.9 Å². The van der Waals surface area contributed by atoms with Crippen LogP contribution in [0.5, 0.6) is 0 Å². The van der Waals surface area contributed by atoms with E-state index in [9.17, 15) is 9.59 Å². The highest BCUT2D eigenvalue weighted by Crippen LogP contribution is 2.22. The predicted octanol–water partition coefficient (Wildman–Crippen LogP) is 1.82. The number of hydrogen-bond donors (Lipinski definition) is 1. The number of fused-ring (bicyclic) bond motifs is 1. The van der Waals surface area contributed by atoms with Gasteiger partial charge in [0.05, 0.1) is 0 Å². The Bertz CT molecular complexity index is 592. The van der Waals surface area contributed by atoms with E-state index in [0.29, 0.717) is 12.0 Å². The van der Waals surface area contributed by atoms with Gasteiger partial charge >= 0.3 is 5.97 Å². The third-order valence-corrected chi connectivity index (χ3v) is 4.31. The van der Waals surface area contributed by atoms with Gasteiger partial charge in [0, 0.05) is 43.2 Å². The second-order valence-corrected chi connectivity index (χ2v) is 5.96. The zero-order valence-corrected chi connectivity index (χ0v) is 13.1. The quantitative estimate of drug-likeness (QED) is 0.899. The Balaban J connectivity index is 2.50. The lowest BCUT2D eigenvalue weighted by atomic mass is 10.00. The number of pyridine rings is 1. The molecule has 0 radical (unpaired) electrons. The van der Waals surface area contributed by atoms with Gasteiger partial charge in [0.2, 0.25) is 0 Å². The van der Waals surface area contributed by atoms with Crippen molar-refractivity contribution in [3.8, 4) is 0 Å². The van der Waals surface area contributed by atoms with Crippen molar-refractivity contribution >= 4 is 5.97 Å². The average molecular weight is 292 g/mol. The van der Waals surface area contributed by atoms with Gasteiger partial charge < -0.3 is 14.6 Å². The fourth-order valence-electron chi connectivity index (χ4n) is 2.94. The first-order valence-corrected chi connectivity index (χ1v) is 7.60. The molecule has 5 heteroatoms. The van der Waals surface area contributed by atoms with Gasteiger partial charge in [-0.3, -0.25) is 9.59 Å². The van der Waals surface area contributed by atoms with Crippen molar-refractivity contribution in [2.45, 2.75) is 52.1 Å². The predicted molar refractivity (Wildman–Crippen MR) is 81.7 cm³/mol. The Labute approximate surface area is 125 Å². The minimum Gasteiger partial charge on any atom is -0.481 e. The van der Waals surface area contributed by atoms with E-state index in [1.807, 2.05) is 10.6 Å². The first kappa shape index (κ1) is 15.8. The lowest BCUT2D eigenvalue weighted by Crippen LogP contribution is -2.36. The van der Waals surface area contributed by atoms with Gasteiger partial charge in [0.25, 0.3) is 5.56 Å². The molecular weight excluding hydrogens is 268 g/mol. The molecule has 1 aliphatic heterocycles. The maximum absolute atomic E-state index is 12.7. The van der Waals surface area contributed by atoms with Crippen LogP contribution in [-0.4, -0.2) is 34.1 Å². The number of rotatable bonds is 5. The molecule has 2 heterocycles. The summed E-state index contributed by atoms with van der Waals surface area (Å²) in [5.41, 5.74) is 2.93. The maximum atomic E-state index is 12.7. The van der Waals surface area contributed by atoms with Gasteiger partial charge in [-0.05, 0) is 38.4 Å². The molecule has 0 amide bonds. The van der Waals surface area contributed by atoms with Crippen LogP contribution in [0.2, 0.25) is 0 Å². The zero-order chi connectivity index (χ0) is 15.6. The first-order chi connectivity index (χ1) is 9.93. The van der Waals surface area contributed by atoms with E-state index < -0.39 is 5.97 Å². The minimum atomic E-state index is -0.862. The van der Waals surface area contributed by atoms with E-state index in [-0.39, 0.29) is 18.0 Å². The van der Waals surface area contributed by atoms with Crippen molar-refractivity contribution in [3.05, 3.63) is 33.2 Å². The standard InChI is InChI=1S/C16H24N2O3/c1-4-11(2)18-14-7-8-17(3)10-13(14)9-12(16(18)21)5-6-15(19)20/h9,11H,4-8,10H2,1-3H3,(H,19,20). The van der Waals surface area contributed by atoms with E-state index >= 15 is 0 Å². The van der Waals surface area contributed by atoms with Crippen LogP contribution in [0.1, 0.15) is 49.6 Å². The van der Waals surface area contributed by atoms with Gasteiger partial charge in [-0.25, -0.2) is 0 Å². The Kier molecular flexibility index (Phi) is 4.83. The van der Waals surface area contributed by atoms with E-state index in [0.717, 1.165) is 31.6 Å². The fraction of sp³-hybridized carbons (Fsp3) is 0.625. The normalized spacial score (nSPS) is 16.5. The van der Waals surface area contributed by atoms with Gasteiger partial charge in [-0.15, -0.1) is 0 Å². The summed E-state index contributed by atoms with van der Waals surface area (Å²) in [5.74, 6) is -0.862. The average Bonchev–Trinajstić information content (AvgIpc) is 2.44. The van der Waals surface area contributed by atoms with Crippen molar-refractivity contribution in [1.29, 1.82) is 0 Å². The molecule has 5 nitrogen and oxygen atoms in total. The molecule has 1 aromatic rings. The number of carboxylic acids is 1. The number of aromatic nitrogens is 1. The number of carboxylic acid groups (broad SMARTS) is 1. The number of likely N-dealkylation sites (N-methyl/N-ethyl adjacent to an activating group) is 1. The summed E-state index contributed by atoms with van der Waals surface area (Å²) in [4.78, 5) is 25.7. The molecule has 116 valence electrons. The summed E-state index contributed by atoms with van der Waals surface area (Å²) in [6, 6.07) is 2.08. The van der Waals surface area contributed by atoms with Crippen molar-refractivity contribution in [2.24, 2.45) is 0 Å². The molecule has 0 bridgehead atoms. The maximum Gasteiger partial charge on any atom is 0.303 e. The minimum absolute atomic E-state index is 0.00434. The summed E-state index contributed by atoms with van der Waals surface area (Å²) < 4.78 is 1.90. The van der Waals surface area contributed by atoms with E-state index in [1.165, 1.54) is 5.56 Å². The van der Waals surface area contributed by atoms with Crippen LogP contribution < -0.4 is 5.56 Å². The van der Waals surface area contributed by atoms with Crippen LogP contribution in [0.25, 0.3) is 0 Å². The van der Waals surface area contributed by atoms with Gasteiger partial charge in [0.15, 0.2) is 0 Å². The molecule has 2 rings (SSSR count). The van der Waals surface area contributed by atoms with Crippen LogP contribution in [0.3, 0.4) is 0 Å². The first-order valence-electron chi connectivity index (χ1n) is 7.60. The second kappa shape index (κ2) is 6.43. The van der Waals surface area contributed by atoms with Crippen molar-refractivity contribution in [1.82, 2.24) is 9.47 Å². The number of aryl methyl sites for hydroxylation is 1. The highest BCUT2D eigenvalue weighted by molar-refractivity contribution is 5.67. The van der Waals surface area contributed by atoms with Gasteiger partial charge in [-0.2, -0.15) is 0 Å². The summed E-state index contributed by atoms with van der Waals surface area (Å²) >= 11 is 0. The molecule has 0 saturated heterocycles. The number of hydrogen-bond acceptors (Lipinski definition) is 3. The van der Waals surface area contributed by atoms with E-state index in [4.69, 9.17) is 5.11 Å². The number of carbonyl (C=O) groups is 1. The molecule has 0 saturated carbocycles. The summed E-state index contributed by atoms with van der Waals surface area (Å²) in [5, 5.41) is 8.85. The van der Waals surface area contributed by atoms with Crippen LogP contribution in [-0.2, 0) is 24.2 Å². The lowest BCUT2D eigenvalue weighted by molar-refractivity contribution is -0.136. The lowest BCUT2D eigenvalue weighted by Gasteiger charge is -2.30.